The molecule has 3 aromatic carbocycles. The highest BCUT2D eigenvalue weighted by Gasteiger charge is 2.44. The lowest BCUT2D eigenvalue weighted by molar-refractivity contribution is -0.120. The van der Waals surface area contributed by atoms with Crippen LogP contribution in [0.2, 0.25) is 10.0 Å². The number of nitrogens with zero attached hydrogens (tertiary/aromatic N) is 3. The van der Waals surface area contributed by atoms with Crippen LogP contribution < -0.4 is 10.6 Å². The van der Waals surface area contributed by atoms with Crippen molar-refractivity contribution in [2.45, 2.75) is 19.8 Å². The molecule has 0 unspecified atom stereocenters. The van der Waals surface area contributed by atoms with Crippen LogP contribution in [0.25, 0.3) is 5.69 Å². The van der Waals surface area contributed by atoms with Crippen LogP contribution in [0.4, 0.5) is 14.5 Å². The fraction of sp³-hybridized carbons (Fsp3) is 0.148. The Hall–Kier alpha value is -3.75. The van der Waals surface area contributed by atoms with Gasteiger partial charge in [-0.2, -0.15) is 5.10 Å². The summed E-state index contributed by atoms with van der Waals surface area (Å²) in [4.78, 5) is 27.6. The molecule has 1 amide bonds. The molecule has 1 aromatic heterocycles. The Balaban J connectivity index is 1.68. The van der Waals surface area contributed by atoms with Crippen molar-refractivity contribution in [3.63, 3.8) is 0 Å². The van der Waals surface area contributed by atoms with Crippen molar-refractivity contribution < 1.29 is 13.6 Å². The van der Waals surface area contributed by atoms with E-state index >= 15 is 0 Å². The average molecular weight is 541 g/mol. The second-order valence-electron chi connectivity index (χ2n) is 8.76. The van der Waals surface area contributed by atoms with Gasteiger partial charge < -0.3 is 0 Å². The highest BCUT2D eigenvalue weighted by atomic mass is 35.5. The number of H-pyrrole nitrogens is 1. The first kappa shape index (κ1) is 24.9. The van der Waals surface area contributed by atoms with Gasteiger partial charge in [-0.1, -0.05) is 29.3 Å². The summed E-state index contributed by atoms with van der Waals surface area (Å²) in [6, 6.07) is 15.7. The molecule has 0 saturated heterocycles. The summed E-state index contributed by atoms with van der Waals surface area (Å²) >= 11 is 12.8. The summed E-state index contributed by atoms with van der Waals surface area (Å²) in [5.41, 5.74) is 2.19. The maximum atomic E-state index is 13.8. The second-order valence-corrected chi connectivity index (χ2v) is 9.60. The standard InChI is InChI=1S/C27H20Cl2F2N4O2/c1-14-23(26(36)34(32-14)19-8-4-17(30)5-9-19)25(21-12-3-16(28)13-22(21)29)24-15(2)33-35(27(24)37)20-10-6-18(31)7-11-20/h3-13,23,25,33H,1-2H3/t23-,25-/m1/s1. The molecule has 1 N–H and O–H groups in total. The van der Waals surface area contributed by atoms with E-state index in [9.17, 15) is 18.4 Å². The zero-order valence-corrected chi connectivity index (χ0v) is 21.2. The number of nitrogens with one attached hydrogen (secondary N) is 1. The Morgan fingerprint density at radius 3 is 2.08 bits per heavy atom. The van der Waals surface area contributed by atoms with Crippen LogP contribution in [0.15, 0.2) is 76.6 Å². The molecule has 0 fully saturated rings. The van der Waals surface area contributed by atoms with Gasteiger partial charge in [0.25, 0.3) is 11.5 Å². The molecule has 5 rings (SSSR count). The molecule has 2 atom stereocenters. The number of carbonyl (C=O) groups excluding carboxylic acids is 1. The summed E-state index contributed by atoms with van der Waals surface area (Å²) in [5.74, 6) is -2.98. The van der Waals surface area contributed by atoms with E-state index in [1.165, 1.54) is 58.2 Å². The number of hydrogen-bond acceptors (Lipinski definition) is 3. The van der Waals surface area contributed by atoms with Gasteiger partial charge in [-0.15, -0.1) is 0 Å². The van der Waals surface area contributed by atoms with E-state index in [2.05, 4.69) is 10.2 Å². The van der Waals surface area contributed by atoms with Crippen LogP contribution in [0.5, 0.6) is 0 Å². The predicted molar refractivity (Wildman–Crippen MR) is 140 cm³/mol. The quantitative estimate of drug-likeness (QED) is 0.326. The van der Waals surface area contributed by atoms with Crippen molar-refractivity contribution >= 4 is 40.5 Å². The Bertz CT molecular complexity index is 1590. The molecule has 1 aliphatic rings. The number of aryl methyl sites for hydroxylation is 1. The van der Waals surface area contributed by atoms with Crippen molar-refractivity contribution in [1.82, 2.24) is 9.78 Å². The summed E-state index contributed by atoms with van der Waals surface area (Å²) in [6.07, 6.45) is 0. The fourth-order valence-electron chi connectivity index (χ4n) is 4.68. The van der Waals surface area contributed by atoms with E-state index in [0.29, 0.717) is 38.9 Å². The van der Waals surface area contributed by atoms with Crippen molar-refractivity contribution in [3.8, 4) is 5.69 Å². The Labute approximate surface area is 220 Å². The maximum absolute atomic E-state index is 13.8. The second kappa shape index (κ2) is 9.61. The van der Waals surface area contributed by atoms with Gasteiger partial charge in [-0.25, -0.2) is 18.5 Å². The molecule has 188 valence electrons. The third-order valence-electron chi connectivity index (χ3n) is 6.40. The fourth-order valence-corrected chi connectivity index (χ4v) is 5.21. The molecule has 10 heteroatoms. The SMILES string of the molecule is CC1=NN(c2ccc(F)cc2)C(=O)[C@H]1[C@@H](c1ccc(Cl)cc1Cl)c1c(C)[nH]n(-c2ccc(F)cc2)c1=O. The lowest BCUT2D eigenvalue weighted by Gasteiger charge is -2.24. The summed E-state index contributed by atoms with van der Waals surface area (Å²) in [5, 5.41) is 9.38. The lowest BCUT2D eigenvalue weighted by atomic mass is 9.78. The molecule has 2 heterocycles. The first-order valence-electron chi connectivity index (χ1n) is 11.3. The van der Waals surface area contributed by atoms with Crippen LogP contribution >= 0.6 is 23.2 Å². The smallest absolute Gasteiger partial charge is 0.275 e. The molecule has 0 aliphatic carbocycles. The first-order chi connectivity index (χ1) is 17.7. The zero-order valence-electron chi connectivity index (χ0n) is 19.7. The molecule has 0 saturated carbocycles. The van der Waals surface area contributed by atoms with Crippen LogP contribution in [-0.4, -0.2) is 21.4 Å². The minimum atomic E-state index is -0.882. The third-order valence-corrected chi connectivity index (χ3v) is 6.96. The summed E-state index contributed by atoms with van der Waals surface area (Å²) < 4.78 is 28.3. The van der Waals surface area contributed by atoms with Crippen LogP contribution in [0.1, 0.15) is 29.7 Å². The summed E-state index contributed by atoms with van der Waals surface area (Å²) in [6.45, 7) is 3.42. The van der Waals surface area contributed by atoms with Crippen molar-refractivity contribution in [1.29, 1.82) is 0 Å². The number of anilines is 1. The van der Waals surface area contributed by atoms with Gasteiger partial charge in [-0.3, -0.25) is 14.7 Å². The minimum Gasteiger partial charge on any atom is -0.295 e. The maximum Gasteiger partial charge on any atom is 0.275 e. The van der Waals surface area contributed by atoms with Crippen LogP contribution in [-0.2, 0) is 4.79 Å². The zero-order chi connectivity index (χ0) is 26.4. The number of benzene rings is 3. The predicted octanol–water partition coefficient (Wildman–Crippen LogP) is 6.23. The minimum absolute atomic E-state index is 0.284. The molecule has 0 bridgehead atoms. The molecule has 37 heavy (non-hydrogen) atoms. The molecule has 1 aliphatic heterocycles. The monoisotopic (exact) mass is 540 g/mol. The highest BCUT2D eigenvalue weighted by Crippen LogP contribution is 2.41. The largest absolute Gasteiger partial charge is 0.295 e. The van der Waals surface area contributed by atoms with E-state index < -0.39 is 34.9 Å². The Morgan fingerprint density at radius 1 is 0.892 bits per heavy atom. The lowest BCUT2D eigenvalue weighted by Crippen LogP contribution is -2.34. The molecular formula is C27H20Cl2F2N4O2. The van der Waals surface area contributed by atoms with Gasteiger partial charge in [0.1, 0.15) is 11.6 Å². The van der Waals surface area contributed by atoms with Gasteiger partial charge >= 0.3 is 0 Å². The molecule has 0 radical (unpaired) electrons. The van der Waals surface area contributed by atoms with Gasteiger partial charge in [0.2, 0.25) is 0 Å². The van der Waals surface area contributed by atoms with E-state index in [0.717, 1.165) is 0 Å². The van der Waals surface area contributed by atoms with Gasteiger partial charge in [0.15, 0.2) is 0 Å². The number of amides is 1. The number of aromatic nitrogens is 2. The molecule has 6 nitrogen and oxygen atoms in total. The molecular weight excluding hydrogens is 521 g/mol. The normalized spacial score (nSPS) is 16.3. The van der Waals surface area contributed by atoms with Gasteiger partial charge in [-0.05, 0) is 80.1 Å². The number of carbonyl (C=O) groups is 1. The molecule has 4 aromatic rings. The Kier molecular flexibility index (Phi) is 6.47. The number of hydrazone groups is 1. The summed E-state index contributed by atoms with van der Waals surface area (Å²) in [7, 11) is 0. The van der Waals surface area contributed by atoms with E-state index in [1.54, 1.807) is 32.0 Å². The van der Waals surface area contributed by atoms with Crippen LogP contribution in [0, 0.1) is 24.5 Å². The number of aromatic amines is 1. The molecule has 0 spiro atoms. The topological polar surface area (TPSA) is 70.5 Å². The van der Waals surface area contributed by atoms with E-state index in [1.807, 2.05) is 0 Å². The highest BCUT2D eigenvalue weighted by molar-refractivity contribution is 6.35. The van der Waals surface area contributed by atoms with E-state index in [-0.39, 0.29) is 5.02 Å². The van der Waals surface area contributed by atoms with Crippen LogP contribution in [0.3, 0.4) is 0 Å². The van der Waals surface area contributed by atoms with Crippen molar-refractivity contribution in [3.05, 3.63) is 116 Å². The third kappa shape index (κ3) is 4.47. The van der Waals surface area contributed by atoms with Gasteiger partial charge in [0.05, 0.1) is 17.3 Å². The van der Waals surface area contributed by atoms with Crippen molar-refractivity contribution in [2.24, 2.45) is 11.0 Å². The number of halogens is 4. The number of rotatable bonds is 5. The Morgan fingerprint density at radius 2 is 1.49 bits per heavy atom. The first-order valence-corrected chi connectivity index (χ1v) is 12.1. The van der Waals surface area contributed by atoms with E-state index in [4.69, 9.17) is 23.2 Å². The van der Waals surface area contributed by atoms with Gasteiger partial charge in [0, 0.05) is 32.9 Å². The number of hydrogen-bond donors (Lipinski definition) is 1. The average Bonchev–Trinajstić information content (AvgIpc) is 3.32. The van der Waals surface area contributed by atoms with Crippen molar-refractivity contribution in [2.75, 3.05) is 5.01 Å².